The average molecular weight is 254 g/mol. The van der Waals surface area contributed by atoms with Crippen LogP contribution in [0.1, 0.15) is 40.8 Å². The number of rotatable bonds is 4. The Hall–Kier alpha value is -1.67. The van der Waals surface area contributed by atoms with Gasteiger partial charge < -0.3 is 5.32 Å². The van der Waals surface area contributed by atoms with Gasteiger partial charge in [-0.15, -0.1) is 0 Å². The van der Waals surface area contributed by atoms with Crippen LogP contribution in [-0.2, 0) is 6.54 Å². The first-order valence-electron chi connectivity index (χ1n) is 6.78. The van der Waals surface area contributed by atoms with Crippen molar-refractivity contribution in [2.45, 2.75) is 40.3 Å². The second-order valence-corrected chi connectivity index (χ2v) is 5.25. The van der Waals surface area contributed by atoms with E-state index in [1.807, 2.05) is 18.5 Å². The number of aryl methyl sites for hydroxylation is 3. The summed E-state index contributed by atoms with van der Waals surface area (Å²) in [7, 11) is 0. The summed E-state index contributed by atoms with van der Waals surface area (Å²) < 4.78 is 0. The van der Waals surface area contributed by atoms with Crippen LogP contribution in [0.5, 0.6) is 0 Å². The number of aromatic nitrogens is 1. The van der Waals surface area contributed by atoms with Crippen molar-refractivity contribution in [3.05, 3.63) is 64.5 Å². The molecule has 0 saturated carbocycles. The highest BCUT2D eigenvalue weighted by atomic mass is 14.9. The van der Waals surface area contributed by atoms with Crippen molar-refractivity contribution in [3.63, 3.8) is 0 Å². The first kappa shape index (κ1) is 13.8. The summed E-state index contributed by atoms with van der Waals surface area (Å²) in [5, 5.41) is 3.56. The predicted molar refractivity (Wildman–Crippen MR) is 80.1 cm³/mol. The molecule has 0 aliphatic rings. The second-order valence-electron chi connectivity index (χ2n) is 5.25. The van der Waals surface area contributed by atoms with Crippen LogP contribution in [0, 0.1) is 20.8 Å². The number of hydrogen-bond donors (Lipinski definition) is 1. The summed E-state index contributed by atoms with van der Waals surface area (Å²) in [6.07, 6.45) is 3.73. The Kier molecular flexibility index (Phi) is 4.33. The zero-order chi connectivity index (χ0) is 13.8. The third-order valence-electron chi connectivity index (χ3n) is 3.74. The minimum atomic E-state index is 0.315. The first-order valence-corrected chi connectivity index (χ1v) is 6.78. The molecule has 2 nitrogen and oxygen atoms in total. The van der Waals surface area contributed by atoms with Crippen molar-refractivity contribution in [3.8, 4) is 0 Å². The van der Waals surface area contributed by atoms with Gasteiger partial charge in [0, 0.05) is 25.0 Å². The molecule has 1 atom stereocenters. The summed E-state index contributed by atoms with van der Waals surface area (Å²) >= 11 is 0. The van der Waals surface area contributed by atoms with Gasteiger partial charge in [0.1, 0.15) is 0 Å². The fraction of sp³-hybridized carbons (Fsp3) is 0.353. The second kappa shape index (κ2) is 5.98. The van der Waals surface area contributed by atoms with Crippen LogP contribution in [-0.4, -0.2) is 4.98 Å². The maximum absolute atomic E-state index is 4.16. The normalized spacial score (nSPS) is 12.4. The van der Waals surface area contributed by atoms with Gasteiger partial charge in [0.25, 0.3) is 0 Å². The molecule has 0 amide bonds. The van der Waals surface area contributed by atoms with Crippen molar-refractivity contribution in [1.82, 2.24) is 10.3 Å². The fourth-order valence-electron chi connectivity index (χ4n) is 2.22. The molecule has 0 aliphatic carbocycles. The highest BCUT2D eigenvalue weighted by Gasteiger charge is 2.06. The van der Waals surface area contributed by atoms with Crippen LogP contribution in [0.4, 0.5) is 0 Å². The van der Waals surface area contributed by atoms with Gasteiger partial charge in [-0.3, -0.25) is 4.98 Å². The van der Waals surface area contributed by atoms with Gasteiger partial charge in [0.2, 0.25) is 0 Å². The molecule has 1 unspecified atom stereocenters. The van der Waals surface area contributed by atoms with E-state index in [4.69, 9.17) is 0 Å². The average Bonchev–Trinajstić information content (AvgIpc) is 2.42. The third kappa shape index (κ3) is 3.42. The molecule has 19 heavy (non-hydrogen) atoms. The van der Waals surface area contributed by atoms with Gasteiger partial charge in [0.15, 0.2) is 0 Å². The fourth-order valence-corrected chi connectivity index (χ4v) is 2.22. The number of nitrogens with one attached hydrogen (secondary N) is 1. The molecule has 2 heteroatoms. The predicted octanol–water partition coefficient (Wildman–Crippen LogP) is 3.86. The highest BCUT2D eigenvalue weighted by Crippen LogP contribution is 2.17. The summed E-state index contributed by atoms with van der Waals surface area (Å²) in [5.74, 6) is 0. The molecule has 1 heterocycles. The maximum atomic E-state index is 4.16. The molecule has 0 spiro atoms. The van der Waals surface area contributed by atoms with Gasteiger partial charge in [-0.25, -0.2) is 0 Å². The lowest BCUT2D eigenvalue weighted by Crippen LogP contribution is -2.18. The maximum Gasteiger partial charge on any atom is 0.0315 e. The van der Waals surface area contributed by atoms with Crippen molar-refractivity contribution < 1.29 is 0 Å². The topological polar surface area (TPSA) is 24.9 Å². The zero-order valence-corrected chi connectivity index (χ0v) is 12.2. The molecule has 1 aromatic carbocycles. The molecule has 0 aliphatic heterocycles. The van der Waals surface area contributed by atoms with E-state index < -0.39 is 0 Å². The van der Waals surface area contributed by atoms with Gasteiger partial charge in [-0.05, 0) is 61.6 Å². The Labute approximate surface area is 115 Å². The lowest BCUT2D eigenvalue weighted by Gasteiger charge is -2.16. The van der Waals surface area contributed by atoms with E-state index in [-0.39, 0.29) is 0 Å². The molecule has 100 valence electrons. The summed E-state index contributed by atoms with van der Waals surface area (Å²) in [4.78, 5) is 4.16. The van der Waals surface area contributed by atoms with Crippen LogP contribution < -0.4 is 5.32 Å². The molecule has 1 aromatic heterocycles. The molecule has 2 rings (SSSR count). The molecule has 0 bridgehead atoms. The summed E-state index contributed by atoms with van der Waals surface area (Å²) in [6, 6.07) is 8.95. The lowest BCUT2D eigenvalue weighted by atomic mass is 10.0. The molecular weight excluding hydrogens is 232 g/mol. The standard InChI is InChI=1S/C17H22N2/c1-12-8-14(3)17(9-13(12)2)11-19-15(4)16-6-5-7-18-10-16/h5-10,15,19H,11H2,1-4H3. The number of hydrogen-bond acceptors (Lipinski definition) is 2. The number of pyridine rings is 1. The van der Waals surface area contributed by atoms with E-state index in [0.717, 1.165) is 6.54 Å². The highest BCUT2D eigenvalue weighted by molar-refractivity contribution is 5.36. The van der Waals surface area contributed by atoms with E-state index in [9.17, 15) is 0 Å². The Balaban J connectivity index is 2.05. The monoisotopic (exact) mass is 254 g/mol. The van der Waals surface area contributed by atoms with Crippen LogP contribution in [0.25, 0.3) is 0 Å². The van der Waals surface area contributed by atoms with Gasteiger partial charge in [-0.1, -0.05) is 18.2 Å². The van der Waals surface area contributed by atoms with Crippen molar-refractivity contribution in [1.29, 1.82) is 0 Å². The Bertz CT molecular complexity index is 547. The smallest absolute Gasteiger partial charge is 0.0315 e. The van der Waals surface area contributed by atoms with Crippen LogP contribution in [0.15, 0.2) is 36.7 Å². The largest absolute Gasteiger partial charge is 0.306 e. The summed E-state index contributed by atoms with van der Waals surface area (Å²) in [6.45, 7) is 9.58. The van der Waals surface area contributed by atoms with E-state index >= 15 is 0 Å². The van der Waals surface area contributed by atoms with E-state index in [0.29, 0.717) is 6.04 Å². The first-order chi connectivity index (χ1) is 9.08. The van der Waals surface area contributed by atoms with E-state index in [2.05, 4.69) is 56.2 Å². The van der Waals surface area contributed by atoms with Crippen LogP contribution in [0.2, 0.25) is 0 Å². The minimum absolute atomic E-state index is 0.315. The molecule has 1 N–H and O–H groups in total. The van der Waals surface area contributed by atoms with Gasteiger partial charge >= 0.3 is 0 Å². The number of nitrogens with zero attached hydrogens (tertiary/aromatic N) is 1. The van der Waals surface area contributed by atoms with E-state index in [1.54, 1.807) is 0 Å². The van der Waals surface area contributed by atoms with Gasteiger partial charge in [-0.2, -0.15) is 0 Å². The quantitative estimate of drug-likeness (QED) is 0.896. The minimum Gasteiger partial charge on any atom is -0.306 e. The van der Waals surface area contributed by atoms with E-state index in [1.165, 1.54) is 27.8 Å². The molecule has 0 fully saturated rings. The van der Waals surface area contributed by atoms with Crippen molar-refractivity contribution >= 4 is 0 Å². The van der Waals surface area contributed by atoms with Gasteiger partial charge in [0.05, 0.1) is 0 Å². The van der Waals surface area contributed by atoms with Crippen molar-refractivity contribution in [2.24, 2.45) is 0 Å². The Morgan fingerprint density at radius 2 is 1.84 bits per heavy atom. The molecule has 2 aromatic rings. The summed E-state index contributed by atoms with van der Waals surface area (Å²) in [5.41, 5.74) is 6.68. The number of benzene rings is 1. The van der Waals surface area contributed by atoms with Crippen molar-refractivity contribution in [2.75, 3.05) is 0 Å². The van der Waals surface area contributed by atoms with Crippen LogP contribution in [0.3, 0.4) is 0 Å². The van der Waals surface area contributed by atoms with Crippen LogP contribution >= 0.6 is 0 Å². The lowest BCUT2D eigenvalue weighted by molar-refractivity contribution is 0.571. The Morgan fingerprint density at radius 3 is 2.53 bits per heavy atom. The molecule has 0 radical (unpaired) electrons. The SMILES string of the molecule is Cc1cc(C)c(CNC(C)c2cccnc2)cc1C. The zero-order valence-electron chi connectivity index (χ0n) is 12.2. The molecule has 0 saturated heterocycles. The third-order valence-corrected chi connectivity index (χ3v) is 3.74. The molecular formula is C17H22N2. The Morgan fingerprint density at radius 1 is 1.11 bits per heavy atom.